The first-order valence-corrected chi connectivity index (χ1v) is 5.74. The number of hydrogen-bond donors (Lipinski definition) is 1. The first-order chi connectivity index (χ1) is 6.88. The van der Waals surface area contributed by atoms with Crippen LogP contribution in [0.15, 0.2) is 18.2 Å². The molecule has 0 atom stereocenters. The van der Waals surface area contributed by atoms with Gasteiger partial charge in [-0.2, -0.15) is 0 Å². The summed E-state index contributed by atoms with van der Waals surface area (Å²) < 4.78 is 0. The number of nitrogens with two attached hydrogens (primary N) is 1. The Labute approximate surface area is 92.7 Å². The van der Waals surface area contributed by atoms with Crippen LogP contribution in [-0.4, -0.2) is 5.54 Å². The van der Waals surface area contributed by atoms with Gasteiger partial charge in [0.15, 0.2) is 0 Å². The molecule has 1 aromatic carbocycles. The normalized spacial score (nSPS) is 19.0. The maximum absolute atomic E-state index is 6.35. The molecule has 1 heteroatoms. The van der Waals surface area contributed by atoms with Gasteiger partial charge in [-0.25, -0.2) is 0 Å². The van der Waals surface area contributed by atoms with Gasteiger partial charge in [0.25, 0.3) is 0 Å². The summed E-state index contributed by atoms with van der Waals surface area (Å²) in [5.74, 6) is 0. The second-order valence-electron chi connectivity index (χ2n) is 5.57. The number of benzene rings is 1. The lowest BCUT2D eigenvalue weighted by atomic mass is 9.76. The zero-order valence-corrected chi connectivity index (χ0v) is 10.2. The van der Waals surface area contributed by atoms with Gasteiger partial charge in [0, 0.05) is 11.0 Å². The second kappa shape index (κ2) is 3.08. The highest BCUT2D eigenvalue weighted by atomic mass is 14.8. The van der Waals surface area contributed by atoms with Crippen molar-refractivity contribution < 1.29 is 0 Å². The van der Waals surface area contributed by atoms with Crippen molar-refractivity contribution in [2.45, 2.75) is 51.5 Å². The maximum atomic E-state index is 6.35. The standard InChI is InChI=1S/C14H21N/c1-10-6-5-7-11(2)12(10)14(8-9-14)13(3,4)15/h5-7H,8-9,15H2,1-4H3. The fourth-order valence-corrected chi connectivity index (χ4v) is 2.91. The van der Waals surface area contributed by atoms with E-state index in [9.17, 15) is 0 Å². The van der Waals surface area contributed by atoms with Crippen molar-refractivity contribution in [3.63, 3.8) is 0 Å². The highest BCUT2D eigenvalue weighted by Crippen LogP contribution is 2.56. The summed E-state index contributed by atoms with van der Waals surface area (Å²) in [4.78, 5) is 0. The minimum absolute atomic E-state index is 0.107. The molecular formula is C14H21N. The molecule has 0 radical (unpaired) electrons. The number of aryl methyl sites for hydroxylation is 2. The van der Waals surface area contributed by atoms with Crippen molar-refractivity contribution in [2.75, 3.05) is 0 Å². The molecule has 2 N–H and O–H groups in total. The predicted octanol–water partition coefficient (Wildman–Crippen LogP) is 3.07. The van der Waals surface area contributed by atoms with E-state index in [2.05, 4.69) is 45.9 Å². The van der Waals surface area contributed by atoms with Crippen molar-refractivity contribution in [3.8, 4) is 0 Å². The third-order valence-corrected chi connectivity index (χ3v) is 3.94. The smallest absolute Gasteiger partial charge is 0.0195 e. The van der Waals surface area contributed by atoms with Crippen LogP contribution in [0.25, 0.3) is 0 Å². The first-order valence-electron chi connectivity index (χ1n) is 5.74. The molecule has 0 saturated heterocycles. The predicted molar refractivity (Wildman–Crippen MR) is 65.1 cm³/mol. The second-order valence-corrected chi connectivity index (χ2v) is 5.57. The Morgan fingerprint density at radius 3 is 1.93 bits per heavy atom. The van der Waals surface area contributed by atoms with Gasteiger partial charge in [-0.05, 0) is 57.2 Å². The van der Waals surface area contributed by atoms with Crippen molar-refractivity contribution >= 4 is 0 Å². The van der Waals surface area contributed by atoms with Gasteiger partial charge >= 0.3 is 0 Å². The fourth-order valence-electron chi connectivity index (χ4n) is 2.91. The van der Waals surface area contributed by atoms with Crippen LogP contribution in [0.4, 0.5) is 0 Å². The van der Waals surface area contributed by atoms with Gasteiger partial charge in [0.05, 0.1) is 0 Å². The molecule has 82 valence electrons. The van der Waals surface area contributed by atoms with Gasteiger partial charge in [0.1, 0.15) is 0 Å². The third-order valence-electron chi connectivity index (χ3n) is 3.94. The minimum atomic E-state index is -0.107. The summed E-state index contributed by atoms with van der Waals surface area (Å²) in [7, 11) is 0. The summed E-state index contributed by atoms with van der Waals surface area (Å²) in [5, 5.41) is 0. The Bertz CT molecular complexity index is 361. The van der Waals surface area contributed by atoms with Crippen molar-refractivity contribution in [1.82, 2.24) is 0 Å². The van der Waals surface area contributed by atoms with Gasteiger partial charge in [-0.15, -0.1) is 0 Å². The lowest BCUT2D eigenvalue weighted by molar-refractivity contribution is 0.389. The molecule has 1 aliphatic carbocycles. The van der Waals surface area contributed by atoms with E-state index in [1.165, 1.54) is 29.5 Å². The van der Waals surface area contributed by atoms with Crippen molar-refractivity contribution in [1.29, 1.82) is 0 Å². The summed E-state index contributed by atoms with van der Waals surface area (Å²) in [6.07, 6.45) is 2.48. The zero-order chi connectivity index (χ0) is 11.3. The molecule has 0 amide bonds. The van der Waals surface area contributed by atoms with E-state index < -0.39 is 0 Å². The van der Waals surface area contributed by atoms with E-state index in [1.54, 1.807) is 0 Å². The monoisotopic (exact) mass is 203 g/mol. The Morgan fingerprint density at radius 1 is 1.13 bits per heavy atom. The SMILES string of the molecule is Cc1cccc(C)c1C1(C(C)(C)N)CC1. The Balaban J connectivity index is 2.56. The summed E-state index contributed by atoms with van der Waals surface area (Å²) in [6, 6.07) is 6.54. The van der Waals surface area contributed by atoms with E-state index >= 15 is 0 Å². The van der Waals surface area contributed by atoms with Crippen LogP contribution in [0.5, 0.6) is 0 Å². The summed E-state index contributed by atoms with van der Waals surface area (Å²) in [5.41, 5.74) is 10.8. The third kappa shape index (κ3) is 1.50. The molecule has 0 unspecified atom stereocenters. The van der Waals surface area contributed by atoms with E-state index in [-0.39, 0.29) is 11.0 Å². The van der Waals surface area contributed by atoms with Gasteiger partial charge in [-0.3, -0.25) is 0 Å². The van der Waals surface area contributed by atoms with E-state index in [0.717, 1.165) is 0 Å². The minimum Gasteiger partial charge on any atom is -0.325 e. The quantitative estimate of drug-likeness (QED) is 0.785. The van der Waals surface area contributed by atoms with Crippen LogP contribution in [0.3, 0.4) is 0 Å². The molecule has 1 aliphatic rings. The Hall–Kier alpha value is -0.820. The van der Waals surface area contributed by atoms with Crippen molar-refractivity contribution in [2.24, 2.45) is 5.73 Å². The maximum Gasteiger partial charge on any atom is 0.0195 e. The Morgan fingerprint density at radius 2 is 1.60 bits per heavy atom. The van der Waals surface area contributed by atoms with Crippen LogP contribution in [0, 0.1) is 13.8 Å². The highest BCUT2D eigenvalue weighted by Gasteiger charge is 2.54. The van der Waals surface area contributed by atoms with Crippen LogP contribution >= 0.6 is 0 Å². The van der Waals surface area contributed by atoms with Crippen LogP contribution in [0.1, 0.15) is 43.4 Å². The average Bonchev–Trinajstić information content (AvgIpc) is 2.83. The molecule has 1 saturated carbocycles. The molecule has 1 nitrogen and oxygen atoms in total. The van der Waals surface area contributed by atoms with Crippen LogP contribution in [-0.2, 0) is 5.41 Å². The first kappa shape index (κ1) is 10.7. The molecule has 0 spiro atoms. The largest absolute Gasteiger partial charge is 0.325 e. The topological polar surface area (TPSA) is 26.0 Å². The zero-order valence-electron chi connectivity index (χ0n) is 10.2. The van der Waals surface area contributed by atoms with Gasteiger partial charge in [-0.1, -0.05) is 18.2 Å². The molecule has 2 rings (SSSR count). The van der Waals surface area contributed by atoms with E-state index in [0.29, 0.717) is 0 Å². The van der Waals surface area contributed by atoms with Crippen LogP contribution < -0.4 is 5.73 Å². The van der Waals surface area contributed by atoms with Crippen LogP contribution in [0.2, 0.25) is 0 Å². The van der Waals surface area contributed by atoms with E-state index in [1.807, 2.05) is 0 Å². The average molecular weight is 203 g/mol. The molecule has 1 aromatic rings. The molecule has 0 bridgehead atoms. The molecule has 1 fully saturated rings. The van der Waals surface area contributed by atoms with Gasteiger partial charge < -0.3 is 5.73 Å². The molecule has 0 heterocycles. The summed E-state index contributed by atoms with van der Waals surface area (Å²) >= 11 is 0. The number of rotatable bonds is 2. The summed E-state index contributed by atoms with van der Waals surface area (Å²) in [6.45, 7) is 8.72. The highest BCUT2D eigenvalue weighted by molar-refractivity contribution is 5.46. The molecule has 0 aliphatic heterocycles. The lowest BCUT2D eigenvalue weighted by Gasteiger charge is -2.33. The Kier molecular flexibility index (Phi) is 2.20. The molecular weight excluding hydrogens is 182 g/mol. The van der Waals surface area contributed by atoms with Crippen molar-refractivity contribution in [3.05, 3.63) is 34.9 Å². The number of hydrogen-bond acceptors (Lipinski definition) is 1. The van der Waals surface area contributed by atoms with Gasteiger partial charge in [0.2, 0.25) is 0 Å². The lowest BCUT2D eigenvalue weighted by Crippen LogP contribution is -2.45. The molecule has 15 heavy (non-hydrogen) atoms. The fraction of sp³-hybridized carbons (Fsp3) is 0.571. The van der Waals surface area contributed by atoms with E-state index in [4.69, 9.17) is 5.73 Å². The molecule has 0 aromatic heterocycles.